The molecule has 0 spiro atoms. The van der Waals surface area contributed by atoms with E-state index in [0.717, 1.165) is 10.5 Å². The molecule has 1 atom stereocenters. The van der Waals surface area contributed by atoms with Crippen molar-refractivity contribution >= 4 is 34.8 Å². The number of nitrogens with one attached hydrogen (secondary N) is 2. The van der Waals surface area contributed by atoms with Crippen LogP contribution in [0, 0.1) is 0 Å². The van der Waals surface area contributed by atoms with Crippen LogP contribution in [0.25, 0.3) is 0 Å². The number of hydrogen-bond donors (Lipinski definition) is 2. The second kappa shape index (κ2) is 8.99. The molecule has 2 aromatic rings. The largest absolute Gasteiger partial charge is 0.433 e. The minimum absolute atomic E-state index is 0.0794. The highest BCUT2D eigenvalue weighted by Gasteiger charge is 2.15. The van der Waals surface area contributed by atoms with Crippen LogP contribution in [-0.2, 0) is 11.3 Å². The fourth-order valence-electron chi connectivity index (χ4n) is 2.29. The van der Waals surface area contributed by atoms with E-state index in [1.807, 2.05) is 7.05 Å². The molecule has 25 heavy (non-hydrogen) atoms. The number of benzene rings is 2. The van der Waals surface area contributed by atoms with E-state index in [-0.39, 0.29) is 23.9 Å². The summed E-state index contributed by atoms with van der Waals surface area (Å²) in [6.07, 6.45) is 0. The van der Waals surface area contributed by atoms with Crippen LogP contribution in [0.4, 0.5) is 14.5 Å². The molecule has 2 rings (SSSR count). The number of halogens is 4. The van der Waals surface area contributed by atoms with Crippen LogP contribution in [0.1, 0.15) is 5.56 Å². The van der Waals surface area contributed by atoms with Crippen molar-refractivity contribution in [3.05, 3.63) is 58.1 Å². The normalized spacial score (nSPS) is 12.1. The number of rotatable bonds is 7. The number of carbonyl (C=O) groups excluding carboxylic acids is 1. The number of ether oxygens (including phenoxy) is 1. The van der Waals surface area contributed by atoms with Gasteiger partial charge in [0.05, 0.1) is 17.8 Å². The van der Waals surface area contributed by atoms with Gasteiger partial charge in [0.15, 0.2) is 6.54 Å². The number of para-hydroxylation sites is 2. The Morgan fingerprint density at radius 1 is 1.24 bits per heavy atom. The van der Waals surface area contributed by atoms with Gasteiger partial charge in [-0.15, -0.1) is 0 Å². The molecule has 0 aliphatic heterocycles. The van der Waals surface area contributed by atoms with Gasteiger partial charge < -0.3 is 15.0 Å². The van der Waals surface area contributed by atoms with Gasteiger partial charge in [0.25, 0.3) is 5.91 Å². The number of alkyl halides is 2. The lowest BCUT2D eigenvalue weighted by Gasteiger charge is -2.16. The molecule has 4 nitrogen and oxygen atoms in total. The van der Waals surface area contributed by atoms with Gasteiger partial charge >= 0.3 is 6.61 Å². The minimum Gasteiger partial charge on any atom is -0.433 e. The summed E-state index contributed by atoms with van der Waals surface area (Å²) in [4.78, 5) is 13.0. The Morgan fingerprint density at radius 3 is 2.64 bits per heavy atom. The molecule has 1 amide bonds. The van der Waals surface area contributed by atoms with Gasteiger partial charge in [0.1, 0.15) is 12.3 Å². The van der Waals surface area contributed by atoms with Crippen LogP contribution in [0.15, 0.2) is 42.5 Å². The minimum atomic E-state index is -2.96. The summed E-state index contributed by atoms with van der Waals surface area (Å²) in [5, 5.41) is 3.66. The molecular weight excluding hydrogens is 373 g/mol. The second-order valence-electron chi connectivity index (χ2n) is 5.47. The maximum Gasteiger partial charge on any atom is 0.387 e. The van der Waals surface area contributed by atoms with Crippen LogP contribution in [-0.4, -0.2) is 26.1 Å². The fourth-order valence-corrected chi connectivity index (χ4v) is 2.77. The Kier molecular flexibility index (Phi) is 6.99. The Bertz CT molecular complexity index is 744. The summed E-state index contributed by atoms with van der Waals surface area (Å²) in [5.41, 5.74) is 1.06. The zero-order valence-electron chi connectivity index (χ0n) is 13.4. The van der Waals surface area contributed by atoms with Crippen molar-refractivity contribution < 1.29 is 23.2 Å². The summed E-state index contributed by atoms with van der Waals surface area (Å²) >= 11 is 12.0. The average Bonchev–Trinajstić information content (AvgIpc) is 2.51. The molecule has 0 fully saturated rings. The summed E-state index contributed by atoms with van der Waals surface area (Å²) in [5.74, 6) is -0.405. The summed E-state index contributed by atoms with van der Waals surface area (Å²) in [6.45, 7) is -2.32. The Labute approximate surface area is 154 Å². The number of anilines is 1. The summed E-state index contributed by atoms with van der Waals surface area (Å²) in [6, 6.07) is 11.2. The van der Waals surface area contributed by atoms with Crippen molar-refractivity contribution in [3.63, 3.8) is 0 Å². The molecule has 0 aliphatic rings. The zero-order valence-corrected chi connectivity index (χ0v) is 14.9. The van der Waals surface area contributed by atoms with Crippen LogP contribution >= 0.6 is 23.2 Å². The lowest BCUT2D eigenvalue weighted by Crippen LogP contribution is -3.08. The van der Waals surface area contributed by atoms with Gasteiger partial charge in [-0.1, -0.05) is 41.4 Å². The highest BCUT2D eigenvalue weighted by atomic mass is 35.5. The third kappa shape index (κ3) is 6.16. The summed E-state index contributed by atoms with van der Waals surface area (Å²) < 4.78 is 29.2. The molecule has 2 aromatic carbocycles. The lowest BCUT2D eigenvalue weighted by atomic mass is 10.2. The van der Waals surface area contributed by atoms with Crippen LogP contribution in [0.2, 0.25) is 10.0 Å². The van der Waals surface area contributed by atoms with E-state index < -0.39 is 6.61 Å². The van der Waals surface area contributed by atoms with E-state index in [1.54, 1.807) is 30.3 Å². The van der Waals surface area contributed by atoms with E-state index in [2.05, 4.69) is 10.1 Å². The molecule has 0 saturated carbocycles. The molecule has 1 unspecified atom stereocenters. The predicted octanol–water partition coefficient (Wildman–Crippen LogP) is 3.25. The summed E-state index contributed by atoms with van der Waals surface area (Å²) in [7, 11) is 1.83. The predicted molar refractivity (Wildman–Crippen MR) is 93.6 cm³/mol. The second-order valence-corrected chi connectivity index (χ2v) is 6.31. The molecular formula is C17H17Cl2F2N2O2+. The first kappa shape index (κ1) is 19.4. The molecule has 0 aliphatic carbocycles. The first-order valence-corrected chi connectivity index (χ1v) is 8.19. The molecule has 8 heteroatoms. The van der Waals surface area contributed by atoms with E-state index in [4.69, 9.17) is 23.2 Å². The molecule has 0 radical (unpaired) electrons. The number of amides is 1. The van der Waals surface area contributed by atoms with Crippen molar-refractivity contribution in [2.24, 2.45) is 0 Å². The Hall–Kier alpha value is -1.89. The first-order chi connectivity index (χ1) is 11.8. The van der Waals surface area contributed by atoms with E-state index >= 15 is 0 Å². The highest BCUT2D eigenvalue weighted by molar-refractivity contribution is 6.35. The monoisotopic (exact) mass is 389 g/mol. The van der Waals surface area contributed by atoms with Gasteiger partial charge in [-0.3, -0.25) is 4.79 Å². The fraction of sp³-hybridized carbons (Fsp3) is 0.235. The van der Waals surface area contributed by atoms with Crippen molar-refractivity contribution in [2.45, 2.75) is 13.2 Å². The number of quaternary nitrogens is 1. The Morgan fingerprint density at radius 2 is 1.96 bits per heavy atom. The smallest absolute Gasteiger partial charge is 0.387 e. The van der Waals surface area contributed by atoms with Crippen molar-refractivity contribution in [2.75, 3.05) is 18.9 Å². The van der Waals surface area contributed by atoms with Crippen LogP contribution < -0.4 is 15.0 Å². The van der Waals surface area contributed by atoms with Gasteiger partial charge in [0, 0.05) is 10.6 Å². The van der Waals surface area contributed by atoms with Gasteiger partial charge in [-0.05, 0) is 24.3 Å². The molecule has 0 saturated heterocycles. The first-order valence-electron chi connectivity index (χ1n) is 7.44. The quantitative estimate of drug-likeness (QED) is 0.763. The molecule has 0 bridgehead atoms. The molecule has 0 aromatic heterocycles. The third-order valence-corrected chi connectivity index (χ3v) is 3.93. The molecule has 134 valence electrons. The van der Waals surface area contributed by atoms with Crippen molar-refractivity contribution in [1.82, 2.24) is 0 Å². The maximum absolute atomic E-state index is 12.4. The van der Waals surface area contributed by atoms with Crippen molar-refractivity contribution in [1.29, 1.82) is 0 Å². The molecule has 2 N–H and O–H groups in total. The SMILES string of the molecule is C[NH+](CC(=O)Nc1ccccc1OC(F)F)Cc1ccc(Cl)cc1Cl. The Balaban J connectivity index is 1.96. The lowest BCUT2D eigenvalue weighted by molar-refractivity contribution is -0.885. The van der Waals surface area contributed by atoms with E-state index in [1.165, 1.54) is 12.1 Å². The van der Waals surface area contributed by atoms with Crippen LogP contribution in [0.5, 0.6) is 5.75 Å². The van der Waals surface area contributed by atoms with E-state index in [9.17, 15) is 13.6 Å². The zero-order chi connectivity index (χ0) is 18.4. The highest BCUT2D eigenvalue weighted by Crippen LogP contribution is 2.25. The van der Waals surface area contributed by atoms with Crippen molar-refractivity contribution in [3.8, 4) is 5.75 Å². The van der Waals surface area contributed by atoms with Gasteiger partial charge in [0.2, 0.25) is 0 Å². The number of carbonyl (C=O) groups is 1. The van der Waals surface area contributed by atoms with Gasteiger partial charge in [-0.25, -0.2) is 0 Å². The maximum atomic E-state index is 12.4. The number of likely N-dealkylation sites (N-methyl/N-ethyl adjacent to an activating group) is 1. The number of hydrogen-bond acceptors (Lipinski definition) is 2. The average molecular weight is 390 g/mol. The molecule has 0 heterocycles. The topological polar surface area (TPSA) is 42.8 Å². The van der Waals surface area contributed by atoms with Gasteiger partial charge in [-0.2, -0.15) is 8.78 Å². The standard InChI is InChI=1S/C17H16Cl2F2N2O2/c1-23(9-11-6-7-12(18)8-13(11)19)10-16(24)22-14-4-2-3-5-15(14)25-17(20)21/h2-8,17H,9-10H2,1H3,(H,22,24)/p+1. The third-order valence-electron chi connectivity index (χ3n) is 3.35. The van der Waals surface area contributed by atoms with Crippen LogP contribution in [0.3, 0.4) is 0 Å². The van der Waals surface area contributed by atoms with E-state index in [0.29, 0.717) is 16.6 Å².